The second kappa shape index (κ2) is 12.2. The van der Waals surface area contributed by atoms with Gasteiger partial charge >= 0.3 is 5.97 Å². The fourth-order valence-corrected chi connectivity index (χ4v) is 4.79. The number of rotatable bonds is 10. The number of carbonyl (C=O) groups is 1. The summed E-state index contributed by atoms with van der Waals surface area (Å²) < 4.78 is 17.4. The average Bonchev–Trinajstić information content (AvgIpc) is 2.92. The molecule has 0 aromatic heterocycles. The summed E-state index contributed by atoms with van der Waals surface area (Å²) in [6, 6.07) is 6.94. The van der Waals surface area contributed by atoms with Crippen LogP contribution in [0.2, 0.25) is 5.02 Å². The number of halogens is 1. The SMILES string of the molecule is CC(C)C(OC[C@@H]1CC[C@@H]2[C@@H](/C=C/[C@@H](O)COc3ccc(Cl)cc3)[C@H](O)C[C@@H]2OC1)C(=O)O. The molecule has 1 aromatic rings. The van der Waals surface area contributed by atoms with Crippen molar-refractivity contribution in [2.75, 3.05) is 19.8 Å². The average molecular weight is 483 g/mol. The third-order valence-corrected chi connectivity index (χ3v) is 6.75. The number of carboxylic acids is 1. The van der Waals surface area contributed by atoms with Gasteiger partial charge in [0.15, 0.2) is 6.10 Å². The maximum Gasteiger partial charge on any atom is 0.333 e. The van der Waals surface area contributed by atoms with E-state index < -0.39 is 24.3 Å². The van der Waals surface area contributed by atoms with E-state index in [1.165, 1.54) is 0 Å². The van der Waals surface area contributed by atoms with E-state index in [2.05, 4.69) is 0 Å². The van der Waals surface area contributed by atoms with E-state index in [9.17, 15) is 20.1 Å². The zero-order valence-corrected chi connectivity index (χ0v) is 19.9. The number of benzene rings is 1. The third kappa shape index (κ3) is 7.42. The van der Waals surface area contributed by atoms with Crippen LogP contribution in [0, 0.1) is 23.7 Å². The standard InChI is InChI=1S/C25H35ClO7/c1-15(2)24(25(29)30)33-13-16-3-9-21-20(22(28)11-23(21)32-12-16)10-6-18(27)14-31-19-7-4-17(26)5-8-19/h4-8,10,15-16,18,20-24,27-28H,3,9,11-14H2,1-2H3,(H,29,30)/b10-6+/t16-,18-,20-,21-,22-,23+,24?/m1/s1. The molecule has 7 atom stereocenters. The van der Waals surface area contributed by atoms with Crippen LogP contribution in [0.4, 0.5) is 0 Å². The van der Waals surface area contributed by atoms with Gasteiger partial charge in [0.2, 0.25) is 0 Å². The normalized spacial score (nSPS) is 29.6. The molecule has 0 spiro atoms. The van der Waals surface area contributed by atoms with E-state index in [-0.39, 0.29) is 36.4 Å². The van der Waals surface area contributed by atoms with E-state index in [4.69, 9.17) is 25.8 Å². The molecular weight excluding hydrogens is 448 g/mol. The molecular formula is C25H35ClO7. The summed E-state index contributed by atoms with van der Waals surface area (Å²) in [6.07, 6.45) is 3.60. The fourth-order valence-electron chi connectivity index (χ4n) is 4.66. The first-order valence-electron chi connectivity index (χ1n) is 11.6. The summed E-state index contributed by atoms with van der Waals surface area (Å²) in [5.74, 6) is -0.262. The maximum atomic E-state index is 11.4. The van der Waals surface area contributed by atoms with Gasteiger partial charge in [-0.05, 0) is 48.9 Å². The lowest BCUT2D eigenvalue weighted by molar-refractivity contribution is -0.155. The number of aliphatic hydroxyl groups is 2. The Morgan fingerprint density at radius 3 is 2.67 bits per heavy atom. The molecule has 1 saturated heterocycles. The number of ether oxygens (including phenoxy) is 3. The molecule has 0 bridgehead atoms. The zero-order valence-electron chi connectivity index (χ0n) is 19.2. The van der Waals surface area contributed by atoms with Crippen LogP contribution < -0.4 is 4.74 Å². The lowest BCUT2D eigenvalue weighted by Gasteiger charge is -2.22. The smallest absolute Gasteiger partial charge is 0.333 e. The van der Waals surface area contributed by atoms with Crippen molar-refractivity contribution in [3.63, 3.8) is 0 Å². The van der Waals surface area contributed by atoms with Crippen LogP contribution in [0.5, 0.6) is 5.75 Å². The second-order valence-electron chi connectivity index (χ2n) is 9.41. The molecule has 8 heteroatoms. The predicted octanol–water partition coefficient (Wildman–Crippen LogP) is 3.55. The van der Waals surface area contributed by atoms with E-state index in [0.29, 0.717) is 30.4 Å². The Kier molecular flexibility index (Phi) is 9.58. The van der Waals surface area contributed by atoms with Gasteiger partial charge < -0.3 is 29.5 Å². The first-order chi connectivity index (χ1) is 15.7. The van der Waals surface area contributed by atoms with Crippen molar-refractivity contribution in [3.8, 4) is 5.75 Å². The van der Waals surface area contributed by atoms with Gasteiger partial charge in [-0.25, -0.2) is 4.79 Å². The largest absolute Gasteiger partial charge is 0.491 e. The van der Waals surface area contributed by atoms with E-state index in [1.807, 2.05) is 19.9 Å². The summed E-state index contributed by atoms with van der Waals surface area (Å²) in [5, 5.41) is 30.8. The highest BCUT2D eigenvalue weighted by molar-refractivity contribution is 6.30. The van der Waals surface area contributed by atoms with Crippen LogP contribution in [-0.2, 0) is 14.3 Å². The van der Waals surface area contributed by atoms with Crippen LogP contribution in [-0.4, -0.2) is 65.5 Å². The molecule has 0 amide bonds. The van der Waals surface area contributed by atoms with Gasteiger partial charge in [0, 0.05) is 23.3 Å². The molecule has 2 aliphatic rings. The van der Waals surface area contributed by atoms with Gasteiger partial charge in [-0.15, -0.1) is 0 Å². The topological polar surface area (TPSA) is 105 Å². The lowest BCUT2D eigenvalue weighted by atomic mass is 9.87. The highest BCUT2D eigenvalue weighted by Crippen LogP contribution is 2.41. The Balaban J connectivity index is 1.50. The van der Waals surface area contributed by atoms with Gasteiger partial charge in [-0.1, -0.05) is 37.6 Å². The molecule has 2 fully saturated rings. The minimum Gasteiger partial charge on any atom is -0.491 e. The molecule has 1 heterocycles. The number of hydrogen-bond donors (Lipinski definition) is 3. The van der Waals surface area contributed by atoms with Crippen molar-refractivity contribution in [2.45, 2.75) is 57.5 Å². The van der Waals surface area contributed by atoms with Crippen molar-refractivity contribution in [3.05, 3.63) is 41.4 Å². The molecule has 1 aliphatic carbocycles. The molecule has 1 unspecified atom stereocenters. The molecule has 0 radical (unpaired) electrons. The first kappa shape index (κ1) is 26.0. The monoisotopic (exact) mass is 482 g/mol. The highest BCUT2D eigenvalue weighted by Gasteiger charge is 2.43. The summed E-state index contributed by atoms with van der Waals surface area (Å²) in [5.41, 5.74) is 0. The zero-order chi connectivity index (χ0) is 24.0. The Morgan fingerprint density at radius 1 is 1.27 bits per heavy atom. The van der Waals surface area contributed by atoms with Crippen LogP contribution in [0.25, 0.3) is 0 Å². The number of aliphatic carboxylic acids is 1. The minimum atomic E-state index is -0.941. The van der Waals surface area contributed by atoms with Crippen molar-refractivity contribution in [1.82, 2.24) is 0 Å². The van der Waals surface area contributed by atoms with Crippen LogP contribution in [0.15, 0.2) is 36.4 Å². The molecule has 3 N–H and O–H groups in total. The van der Waals surface area contributed by atoms with Gasteiger partial charge in [0.25, 0.3) is 0 Å². The molecule has 1 aromatic carbocycles. The fraction of sp³-hybridized carbons (Fsp3) is 0.640. The lowest BCUT2D eigenvalue weighted by Crippen LogP contribution is -2.32. The Bertz CT molecular complexity index is 781. The maximum absolute atomic E-state index is 11.4. The van der Waals surface area contributed by atoms with E-state index in [0.717, 1.165) is 12.8 Å². The number of hydrogen-bond acceptors (Lipinski definition) is 6. The summed E-state index contributed by atoms with van der Waals surface area (Å²) in [4.78, 5) is 11.4. The van der Waals surface area contributed by atoms with Crippen LogP contribution in [0.3, 0.4) is 0 Å². The molecule has 3 rings (SSSR count). The molecule has 1 aliphatic heterocycles. The first-order valence-corrected chi connectivity index (χ1v) is 12.0. The number of aliphatic hydroxyl groups excluding tert-OH is 2. The highest BCUT2D eigenvalue weighted by atomic mass is 35.5. The Hall–Kier alpha value is -1.64. The minimum absolute atomic E-state index is 0.0533. The Morgan fingerprint density at radius 2 is 2.00 bits per heavy atom. The quantitative estimate of drug-likeness (QED) is 0.438. The third-order valence-electron chi connectivity index (χ3n) is 6.49. The summed E-state index contributed by atoms with van der Waals surface area (Å²) in [6.45, 7) is 4.61. The second-order valence-corrected chi connectivity index (χ2v) is 9.85. The van der Waals surface area contributed by atoms with Crippen molar-refractivity contribution in [1.29, 1.82) is 0 Å². The number of carboxylic acid groups (broad SMARTS) is 1. The number of fused-ring (bicyclic) bond motifs is 1. The molecule has 1 saturated carbocycles. The van der Waals surface area contributed by atoms with Crippen molar-refractivity contribution in [2.24, 2.45) is 23.7 Å². The van der Waals surface area contributed by atoms with E-state index in [1.54, 1.807) is 30.3 Å². The van der Waals surface area contributed by atoms with Crippen molar-refractivity contribution < 1.29 is 34.3 Å². The van der Waals surface area contributed by atoms with Crippen LogP contribution >= 0.6 is 11.6 Å². The Labute approximate surface area is 200 Å². The van der Waals surface area contributed by atoms with Gasteiger partial charge in [-0.2, -0.15) is 0 Å². The molecule has 7 nitrogen and oxygen atoms in total. The summed E-state index contributed by atoms with van der Waals surface area (Å²) >= 11 is 5.86. The molecule has 184 valence electrons. The van der Waals surface area contributed by atoms with Gasteiger partial charge in [0.05, 0.1) is 25.4 Å². The predicted molar refractivity (Wildman–Crippen MR) is 124 cm³/mol. The van der Waals surface area contributed by atoms with Gasteiger partial charge in [-0.3, -0.25) is 0 Å². The summed E-state index contributed by atoms with van der Waals surface area (Å²) in [7, 11) is 0. The van der Waals surface area contributed by atoms with Crippen LogP contribution in [0.1, 0.15) is 33.1 Å². The van der Waals surface area contributed by atoms with Gasteiger partial charge in [0.1, 0.15) is 18.5 Å². The van der Waals surface area contributed by atoms with E-state index >= 15 is 0 Å². The van der Waals surface area contributed by atoms with Crippen molar-refractivity contribution >= 4 is 17.6 Å². The molecule has 33 heavy (non-hydrogen) atoms.